The molecular formula is C18H22N2O2. The van der Waals surface area contributed by atoms with E-state index >= 15 is 0 Å². The summed E-state index contributed by atoms with van der Waals surface area (Å²) >= 11 is 0. The van der Waals surface area contributed by atoms with E-state index in [4.69, 9.17) is 15.2 Å². The molecule has 0 saturated heterocycles. The number of nitrogens with two attached hydrogens (primary N) is 1. The van der Waals surface area contributed by atoms with E-state index in [0.29, 0.717) is 6.61 Å². The molecule has 4 nitrogen and oxygen atoms in total. The van der Waals surface area contributed by atoms with Crippen molar-refractivity contribution >= 4 is 5.69 Å². The Morgan fingerprint density at radius 2 is 1.82 bits per heavy atom. The van der Waals surface area contributed by atoms with Crippen LogP contribution >= 0.6 is 0 Å². The normalized spacial score (nSPS) is 17.0. The van der Waals surface area contributed by atoms with Crippen molar-refractivity contribution in [3.63, 3.8) is 0 Å². The van der Waals surface area contributed by atoms with Crippen molar-refractivity contribution in [1.29, 1.82) is 0 Å². The van der Waals surface area contributed by atoms with Crippen molar-refractivity contribution in [2.24, 2.45) is 5.73 Å². The molecule has 1 heterocycles. The summed E-state index contributed by atoms with van der Waals surface area (Å²) in [6.45, 7) is 2.34. The number of rotatable bonds is 5. The molecule has 2 N–H and O–H groups in total. The summed E-state index contributed by atoms with van der Waals surface area (Å²) in [7, 11) is 1.66. The molecule has 0 aromatic heterocycles. The summed E-state index contributed by atoms with van der Waals surface area (Å²) < 4.78 is 11.0. The molecule has 4 heteroatoms. The highest BCUT2D eigenvalue weighted by atomic mass is 16.5. The molecule has 0 fully saturated rings. The van der Waals surface area contributed by atoms with Gasteiger partial charge in [-0.3, -0.25) is 0 Å². The smallest absolute Gasteiger partial charge is 0.119 e. The quantitative estimate of drug-likeness (QED) is 0.921. The Bertz CT molecular complexity index is 613. The van der Waals surface area contributed by atoms with Gasteiger partial charge in [-0.25, -0.2) is 0 Å². The maximum atomic E-state index is 6.16. The molecule has 0 bridgehead atoms. The lowest BCUT2D eigenvalue weighted by Crippen LogP contribution is -2.44. The van der Waals surface area contributed by atoms with Crippen LogP contribution in [0.2, 0.25) is 0 Å². The summed E-state index contributed by atoms with van der Waals surface area (Å²) in [4.78, 5) is 2.31. The van der Waals surface area contributed by atoms with Crippen molar-refractivity contribution in [2.45, 2.75) is 12.5 Å². The van der Waals surface area contributed by atoms with Gasteiger partial charge < -0.3 is 20.1 Å². The van der Waals surface area contributed by atoms with E-state index in [1.165, 1.54) is 11.3 Å². The van der Waals surface area contributed by atoms with Gasteiger partial charge in [0, 0.05) is 18.3 Å². The monoisotopic (exact) mass is 298 g/mol. The average molecular weight is 298 g/mol. The molecule has 3 rings (SSSR count). The van der Waals surface area contributed by atoms with Gasteiger partial charge in [-0.2, -0.15) is 0 Å². The molecule has 1 unspecified atom stereocenters. The number of benzene rings is 2. The van der Waals surface area contributed by atoms with Crippen molar-refractivity contribution in [3.05, 3.63) is 54.1 Å². The lowest BCUT2D eigenvalue weighted by Gasteiger charge is -2.34. The van der Waals surface area contributed by atoms with Crippen molar-refractivity contribution in [1.82, 2.24) is 0 Å². The Labute approximate surface area is 131 Å². The van der Waals surface area contributed by atoms with E-state index in [1.807, 2.05) is 24.3 Å². The lowest BCUT2D eigenvalue weighted by molar-refractivity contribution is 0.320. The van der Waals surface area contributed by atoms with Crippen LogP contribution < -0.4 is 20.1 Å². The summed E-state index contributed by atoms with van der Waals surface area (Å²) in [6.07, 6.45) is 0.950. The molecule has 2 aromatic carbocycles. The second-order valence-electron chi connectivity index (χ2n) is 5.56. The van der Waals surface area contributed by atoms with Crippen molar-refractivity contribution in [2.75, 3.05) is 31.7 Å². The molecule has 2 aromatic rings. The van der Waals surface area contributed by atoms with Crippen LogP contribution in [0.25, 0.3) is 0 Å². The van der Waals surface area contributed by atoms with E-state index in [2.05, 4.69) is 29.2 Å². The van der Waals surface area contributed by atoms with Gasteiger partial charge in [-0.15, -0.1) is 0 Å². The second kappa shape index (κ2) is 6.71. The number of hydrogen-bond acceptors (Lipinski definition) is 4. The largest absolute Gasteiger partial charge is 0.497 e. The van der Waals surface area contributed by atoms with E-state index < -0.39 is 0 Å². The standard InChI is InChI=1S/C18H22N2O2/c1-21-16-6-8-17(9-7-16)22-11-10-20-13-15(19)12-14-4-2-3-5-18(14)20/h2-9,15H,10-13,19H2,1H3. The van der Waals surface area contributed by atoms with Gasteiger partial charge in [0.05, 0.1) is 13.7 Å². The Kier molecular flexibility index (Phi) is 4.49. The molecule has 116 valence electrons. The molecule has 1 aliphatic heterocycles. The predicted octanol–water partition coefficient (Wildman–Crippen LogP) is 2.46. The third kappa shape index (κ3) is 3.34. The van der Waals surface area contributed by atoms with Crippen molar-refractivity contribution in [3.8, 4) is 11.5 Å². The molecular weight excluding hydrogens is 276 g/mol. The first kappa shape index (κ1) is 14.7. The van der Waals surface area contributed by atoms with Crippen LogP contribution in [0.15, 0.2) is 48.5 Å². The van der Waals surface area contributed by atoms with Crippen LogP contribution in [0.1, 0.15) is 5.56 Å². The van der Waals surface area contributed by atoms with Crippen LogP contribution in [0.5, 0.6) is 11.5 Å². The number of methoxy groups -OCH3 is 1. The van der Waals surface area contributed by atoms with Gasteiger partial charge in [-0.05, 0) is 42.3 Å². The zero-order valence-corrected chi connectivity index (χ0v) is 12.9. The van der Waals surface area contributed by atoms with Crippen molar-refractivity contribution < 1.29 is 9.47 Å². The lowest BCUT2D eigenvalue weighted by atomic mass is 9.98. The number of anilines is 1. The first-order chi connectivity index (χ1) is 10.8. The predicted molar refractivity (Wildman–Crippen MR) is 88.8 cm³/mol. The second-order valence-corrected chi connectivity index (χ2v) is 5.56. The molecule has 0 saturated carbocycles. The third-order valence-electron chi connectivity index (χ3n) is 3.96. The van der Waals surface area contributed by atoms with Gasteiger partial charge in [0.1, 0.15) is 18.1 Å². The zero-order valence-electron chi connectivity index (χ0n) is 12.9. The summed E-state index contributed by atoms with van der Waals surface area (Å²) in [5.41, 5.74) is 8.76. The maximum Gasteiger partial charge on any atom is 0.119 e. The SMILES string of the molecule is COc1ccc(OCCN2CC(N)Cc3ccccc32)cc1. The Hall–Kier alpha value is -2.20. The van der Waals surface area contributed by atoms with Gasteiger partial charge in [0.25, 0.3) is 0 Å². The fraction of sp³-hybridized carbons (Fsp3) is 0.333. The maximum absolute atomic E-state index is 6.16. The Balaban J connectivity index is 1.59. The fourth-order valence-electron chi connectivity index (χ4n) is 2.88. The zero-order chi connectivity index (χ0) is 15.4. The topological polar surface area (TPSA) is 47.7 Å². The third-order valence-corrected chi connectivity index (χ3v) is 3.96. The molecule has 1 atom stereocenters. The fourth-order valence-corrected chi connectivity index (χ4v) is 2.88. The first-order valence-electron chi connectivity index (χ1n) is 7.61. The summed E-state index contributed by atoms with van der Waals surface area (Å²) in [5, 5.41) is 0. The van der Waals surface area contributed by atoms with Crippen LogP contribution in [0.3, 0.4) is 0 Å². The number of fused-ring (bicyclic) bond motifs is 1. The highest BCUT2D eigenvalue weighted by molar-refractivity contribution is 5.56. The number of hydrogen-bond donors (Lipinski definition) is 1. The Morgan fingerprint density at radius 1 is 1.09 bits per heavy atom. The van der Waals surface area contributed by atoms with Gasteiger partial charge in [-0.1, -0.05) is 18.2 Å². The van der Waals surface area contributed by atoms with Crippen LogP contribution in [-0.2, 0) is 6.42 Å². The molecule has 0 radical (unpaired) electrons. The highest BCUT2D eigenvalue weighted by Gasteiger charge is 2.21. The number of para-hydroxylation sites is 1. The molecule has 0 aliphatic carbocycles. The van der Waals surface area contributed by atoms with E-state index in [1.54, 1.807) is 7.11 Å². The number of ether oxygens (including phenoxy) is 2. The minimum Gasteiger partial charge on any atom is -0.497 e. The highest BCUT2D eigenvalue weighted by Crippen LogP contribution is 2.26. The average Bonchev–Trinajstić information content (AvgIpc) is 2.55. The van der Waals surface area contributed by atoms with Crippen LogP contribution in [-0.4, -0.2) is 32.8 Å². The van der Waals surface area contributed by atoms with Gasteiger partial charge in [0.15, 0.2) is 0 Å². The van der Waals surface area contributed by atoms with E-state index in [0.717, 1.165) is 31.0 Å². The summed E-state index contributed by atoms with van der Waals surface area (Å²) in [6, 6.07) is 16.3. The van der Waals surface area contributed by atoms with E-state index in [-0.39, 0.29) is 6.04 Å². The molecule has 22 heavy (non-hydrogen) atoms. The van der Waals surface area contributed by atoms with Gasteiger partial charge >= 0.3 is 0 Å². The minimum absolute atomic E-state index is 0.191. The number of nitrogens with zero attached hydrogens (tertiary/aromatic N) is 1. The van der Waals surface area contributed by atoms with Gasteiger partial charge in [0.2, 0.25) is 0 Å². The first-order valence-corrected chi connectivity index (χ1v) is 7.61. The Morgan fingerprint density at radius 3 is 2.59 bits per heavy atom. The molecule has 0 spiro atoms. The minimum atomic E-state index is 0.191. The molecule has 0 amide bonds. The van der Waals surface area contributed by atoms with Crippen LogP contribution in [0.4, 0.5) is 5.69 Å². The van der Waals surface area contributed by atoms with E-state index in [9.17, 15) is 0 Å². The summed E-state index contributed by atoms with van der Waals surface area (Å²) in [5.74, 6) is 1.69. The van der Waals surface area contributed by atoms with Crippen LogP contribution in [0, 0.1) is 0 Å². The molecule has 1 aliphatic rings.